The van der Waals surface area contributed by atoms with Crippen LogP contribution in [0.25, 0.3) is 0 Å². The number of aryl methyl sites for hydroxylation is 4. The van der Waals surface area contributed by atoms with Gasteiger partial charge in [-0.3, -0.25) is 4.79 Å². The van der Waals surface area contributed by atoms with Crippen molar-refractivity contribution in [1.29, 1.82) is 0 Å². The highest BCUT2D eigenvalue weighted by Crippen LogP contribution is 2.15. The van der Waals surface area contributed by atoms with Gasteiger partial charge >= 0.3 is 18.0 Å². The number of carbonyl (C=O) groups is 4. The topological polar surface area (TPSA) is 247 Å². The maximum Gasteiger partial charge on any atom is 0.407 e. The van der Waals surface area contributed by atoms with Gasteiger partial charge in [0.1, 0.15) is 23.1 Å². The molecular formula is C39H50N8O9. The second-order valence-corrected chi connectivity index (χ2v) is 13.5. The van der Waals surface area contributed by atoms with E-state index in [4.69, 9.17) is 14.6 Å². The maximum absolute atomic E-state index is 12.7. The van der Waals surface area contributed by atoms with Gasteiger partial charge in [0.15, 0.2) is 0 Å². The lowest BCUT2D eigenvalue weighted by molar-refractivity contribution is -0.142. The number of carboxylic acid groups (broad SMARTS) is 1. The molecule has 0 fully saturated rings. The Morgan fingerprint density at radius 2 is 1.29 bits per heavy atom. The number of phenolic OH excluding ortho intramolecular Hbond substituents is 2. The molecule has 2 aromatic heterocycles. The molecule has 0 saturated carbocycles. The Morgan fingerprint density at radius 3 is 1.71 bits per heavy atom. The third-order valence-corrected chi connectivity index (χ3v) is 7.75. The minimum absolute atomic E-state index is 0.111. The van der Waals surface area contributed by atoms with Gasteiger partial charge in [-0.15, -0.1) is 0 Å². The highest BCUT2D eigenvalue weighted by Gasteiger charge is 2.25. The number of aromatic hydroxyl groups is 2. The molecule has 0 unspecified atom stereocenters. The molecule has 0 bridgehead atoms. The molecule has 4 rings (SSSR count). The standard InChI is InChI=1S/C24H33N5O6.C15H17N3O3/c1-15-18(13-26-22(28-15)25-11-7-9-16-8-6-10-17(30)12-16)20(31)29-19(21(32)34-5)14-27-23(33)35-24(2,3)4;1-10-13(14(20)21)9-17-15(18-10)16-7-3-5-11-4-2-6-12(19)8-11/h6,8,10,12-13,19,30H,7,9,11,14H2,1-5H3,(H,27,33)(H,29,31)(H,25,26,28);2,4,6,8-9,19H,3,5,7H2,1H3,(H,20,21)(H,16,17,18)/t19-;/m0./s1. The Labute approximate surface area is 325 Å². The molecule has 56 heavy (non-hydrogen) atoms. The molecule has 0 spiro atoms. The zero-order chi connectivity index (χ0) is 41.3. The minimum atomic E-state index is -1.13. The van der Waals surface area contributed by atoms with Crippen LogP contribution in [0.1, 0.15) is 76.8 Å². The summed E-state index contributed by atoms with van der Waals surface area (Å²) >= 11 is 0. The van der Waals surface area contributed by atoms with Gasteiger partial charge in [-0.2, -0.15) is 0 Å². The molecule has 2 heterocycles. The van der Waals surface area contributed by atoms with E-state index in [0.717, 1.165) is 36.8 Å². The summed E-state index contributed by atoms with van der Waals surface area (Å²) in [6.07, 6.45) is 5.19. The zero-order valence-corrected chi connectivity index (χ0v) is 32.4. The molecule has 17 heteroatoms. The van der Waals surface area contributed by atoms with E-state index in [9.17, 15) is 29.4 Å². The van der Waals surface area contributed by atoms with Crippen molar-refractivity contribution in [2.75, 3.05) is 37.4 Å². The normalized spacial score (nSPS) is 11.2. The van der Waals surface area contributed by atoms with Crippen molar-refractivity contribution in [2.24, 2.45) is 0 Å². The molecule has 300 valence electrons. The predicted molar refractivity (Wildman–Crippen MR) is 208 cm³/mol. The fraction of sp³-hybridized carbons (Fsp3) is 0.385. The lowest BCUT2D eigenvalue weighted by atomic mass is 10.1. The number of amides is 2. The highest BCUT2D eigenvalue weighted by molar-refractivity contribution is 5.97. The number of aromatic carboxylic acids is 1. The SMILES string of the molecule is COC(=O)[C@H](CNC(=O)OC(C)(C)C)NC(=O)c1cnc(NCCCc2cccc(O)c2)nc1C.Cc1nc(NCCCc2cccc(O)c2)ncc1C(=O)O. The Balaban J connectivity index is 0.000000340. The Bertz CT molecular complexity index is 1950. The number of methoxy groups -OCH3 is 1. The lowest BCUT2D eigenvalue weighted by Gasteiger charge is -2.21. The molecule has 2 aromatic carbocycles. The molecular weight excluding hydrogens is 724 g/mol. The summed E-state index contributed by atoms with van der Waals surface area (Å²) in [5.41, 5.74) is 2.53. The number of carbonyl (C=O) groups excluding carboxylic acids is 3. The van der Waals surface area contributed by atoms with Crippen molar-refractivity contribution in [3.05, 3.63) is 94.6 Å². The third-order valence-electron chi connectivity index (χ3n) is 7.75. The molecule has 0 aliphatic heterocycles. The van der Waals surface area contributed by atoms with E-state index in [1.807, 2.05) is 18.2 Å². The summed E-state index contributed by atoms with van der Waals surface area (Å²) in [4.78, 5) is 64.2. The molecule has 0 saturated heterocycles. The largest absolute Gasteiger partial charge is 0.508 e. The fourth-order valence-corrected chi connectivity index (χ4v) is 5.02. The average Bonchev–Trinajstić information content (AvgIpc) is 3.13. The fourth-order valence-electron chi connectivity index (χ4n) is 5.02. The van der Waals surface area contributed by atoms with Crippen LogP contribution in [0.15, 0.2) is 60.9 Å². The number of hydrogen-bond donors (Lipinski definition) is 7. The second-order valence-electron chi connectivity index (χ2n) is 13.5. The van der Waals surface area contributed by atoms with Gasteiger partial charge in [-0.05, 0) is 95.7 Å². The number of nitrogens with one attached hydrogen (secondary N) is 4. The average molecular weight is 775 g/mol. The quantitative estimate of drug-likeness (QED) is 0.0609. The molecule has 0 aliphatic rings. The van der Waals surface area contributed by atoms with E-state index in [1.54, 1.807) is 65.0 Å². The van der Waals surface area contributed by atoms with E-state index in [0.29, 0.717) is 36.4 Å². The smallest absolute Gasteiger partial charge is 0.407 e. The van der Waals surface area contributed by atoms with E-state index in [-0.39, 0.29) is 29.2 Å². The summed E-state index contributed by atoms with van der Waals surface area (Å²) in [6, 6.07) is 13.1. The first-order valence-corrected chi connectivity index (χ1v) is 17.8. The number of rotatable bonds is 16. The van der Waals surface area contributed by atoms with E-state index >= 15 is 0 Å². The number of carboxylic acids is 1. The molecule has 0 aliphatic carbocycles. The lowest BCUT2D eigenvalue weighted by Crippen LogP contribution is -2.49. The molecule has 4 aromatic rings. The van der Waals surface area contributed by atoms with Gasteiger partial charge in [-0.25, -0.2) is 34.3 Å². The van der Waals surface area contributed by atoms with E-state index < -0.39 is 35.6 Å². The zero-order valence-electron chi connectivity index (χ0n) is 32.4. The van der Waals surface area contributed by atoms with Crippen LogP contribution in [0.3, 0.4) is 0 Å². The summed E-state index contributed by atoms with van der Waals surface area (Å²) in [7, 11) is 1.18. The molecule has 1 atom stereocenters. The number of benzene rings is 2. The first kappa shape index (κ1) is 43.9. The van der Waals surface area contributed by atoms with Crippen molar-refractivity contribution in [1.82, 2.24) is 30.6 Å². The van der Waals surface area contributed by atoms with E-state index in [2.05, 4.69) is 41.2 Å². The first-order valence-electron chi connectivity index (χ1n) is 17.8. The summed E-state index contributed by atoms with van der Waals surface area (Å²) in [5, 5.41) is 38.9. The van der Waals surface area contributed by atoms with Crippen LogP contribution in [0, 0.1) is 13.8 Å². The van der Waals surface area contributed by atoms with Crippen molar-refractivity contribution < 1.29 is 44.0 Å². The number of hydrogen-bond acceptors (Lipinski definition) is 14. The number of phenols is 2. The number of nitrogens with zero attached hydrogens (tertiary/aromatic N) is 4. The monoisotopic (exact) mass is 774 g/mol. The summed E-state index contributed by atoms with van der Waals surface area (Å²) in [5.74, 6) is -1.04. The van der Waals surface area contributed by atoms with Gasteiger partial charge in [0.25, 0.3) is 5.91 Å². The van der Waals surface area contributed by atoms with E-state index in [1.165, 1.54) is 19.5 Å². The predicted octanol–water partition coefficient (Wildman–Crippen LogP) is 4.56. The van der Waals surface area contributed by atoms with Crippen LogP contribution in [0.5, 0.6) is 11.5 Å². The van der Waals surface area contributed by atoms with Crippen molar-refractivity contribution >= 4 is 35.8 Å². The number of anilines is 2. The van der Waals surface area contributed by atoms with Crippen LogP contribution in [0.2, 0.25) is 0 Å². The number of esters is 1. The van der Waals surface area contributed by atoms with Crippen molar-refractivity contribution in [2.45, 2.75) is 71.9 Å². The van der Waals surface area contributed by atoms with Crippen molar-refractivity contribution in [3.8, 4) is 11.5 Å². The van der Waals surface area contributed by atoms with Crippen LogP contribution in [-0.4, -0.2) is 97.6 Å². The van der Waals surface area contributed by atoms with Gasteiger partial charge in [-0.1, -0.05) is 24.3 Å². The maximum atomic E-state index is 12.7. The van der Waals surface area contributed by atoms with Crippen molar-refractivity contribution in [3.63, 3.8) is 0 Å². The van der Waals surface area contributed by atoms with Crippen LogP contribution < -0.4 is 21.3 Å². The summed E-state index contributed by atoms with van der Waals surface area (Å²) < 4.78 is 9.87. The number of ether oxygens (including phenoxy) is 2. The molecule has 2 amide bonds. The third kappa shape index (κ3) is 15.5. The van der Waals surface area contributed by atoms with Crippen LogP contribution >= 0.6 is 0 Å². The number of alkyl carbamates (subject to hydrolysis) is 1. The summed E-state index contributed by atoms with van der Waals surface area (Å²) in [6.45, 7) is 9.48. The second kappa shape index (κ2) is 21.4. The molecule has 17 nitrogen and oxygen atoms in total. The highest BCUT2D eigenvalue weighted by atomic mass is 16.6. The Hall–Kier alpha value is -6.52. The Morgan fingerprint density at radius 1 is 0.786 bits per heavy atom. The number of aromatic nitrogens is 4. The minimum Gasteiger partial charge on any atom is -0.508 e. The van der Waals surface area contributed by atoms with Gasteiger partial charge < -0.3 is 46.1 Å². The molecule has 7 N–H and O–H groups in total. The Kier molecular flexibility index (Phi) is 16.8. The van der Waals surface area contributed by atoms with Gasteiger partial charge in [0.05, 0.1) is 36.2 Å². The van der Waals surface area contributed by atoms with Crippen LogP contribution in [0.4, 0.5) is 16.7 Å². The first-order chi connectivity index (χ1) is 26.5. The van der Waals surface area contributed by atoms with Gasteiger partial charge in [0, 0.05) is 25.5 Å². The van der Waals surface area contributed by atoms with Crippen LogP contribution in [-0.2, 0) is 27.1 Å². The molecule has 0 radical (unpaired) electrons. The van der Waals surface area contributed by atoms with Gasteiger partial charge in [0.2, 0.25) is 11.9 Å².